The molecule has 0 radical (unpaired) electrons. The molecule has 0 aliphatic carbocycles. The van der Waals surface area contributed by atoms with E-state index in [9.17, 15) is 4.79 Å². The van der Waals surface area contributed by atoms with Gasteiger partial charge < -0.3 is 15.2 Å². The van der Waals surface area contributed by atoms with Crippen LogP contribution < -0.4 is 10.5 Å². The van der Waals surface area contributed by atoms with Gasteiger partial charge in [0.2, 0.25) is 0 Å². The molecule has 0 amide bonds. The minimum Gasteiger partial charge on any atom is -0.492 e. The summed E-state index contributed by atoms with van der Waals surface area (Å²) in [5.41, 5.74) is 6.02. The molecular formula is C13H16BrNO3. The monoisotopic (exact) mass is 313 g/mol. The lowest BCUT2D eigenvalue weighted by Gasteiger charge is -2.37. The van der Waals surface area contributed by atoms with E-state index < -0.39 is 0 Å². The number of rotatable bonds is 5. The van der Waals surface area contributed by atoms with Crippen LogP contribution in [-0.2, 0) is 4.74 Å². The number of carbonyl (C=O) groups excluding carboxylic acids is 1. The van der Waals surface area contributed by atoms with Crippen LogP contribution in [0.4, 0.5) is 0 Å². The number of carbonyl (C=O) groups is 1. The van der Waals surface area contributed by atoms with Crippen molar-refractivity contribution in [3.05, 3.63) is 28.2 Å². The van der Waals surface area contributed by atoms with Crippen molar-refractivity contribution < 1.29 is 14.3 Å². The van der Waals surface area contributed by atoms with Gasteiger partial charge in [-0.1, -0.05) is 6.92 Å². The molecule has 1 saturated heterocycles. The summed E-state index contributed by atoms with van der Waals surface area (Å²) in [5.74, 6) is 0.651. The first kappa shape index (κ1) is 13.5. The van der Waals surface area contributed by atoms with Gasteiger partial charge in [-0.3, -0.25) is 4.79 Å². The van der Waals surface area contributed by atoms with Gasteiger partial charge in [-0.2, -0.15) is 0 Å². The van der Waals surface area contributed by atoms with Gasteiger partial charge in [-0.05, 0) is 34.1 Å². The van der Waals surface area contributed by atoms with Crippen LogP contribution in [0.25, 0.3) is 0 Å². The average Bonchev–Trinajstić information content (AvgIpc) is 2.34. The summed E-state index contributed by atoms with van der Waals surface area (Å²) in [6.45, 7) is 4.21. The van der Waals surface area contributed by atoms with Crippen molar-refractivity contribution in [2.75, 3.05) is 26.4 Å². The lowest BCUT2D eigenvalue weighted by atomic mass is 9.90. The molecule has 0 saturated carbocycles. The summed E-state index contributed by atoms with van der Waals surface area (Å²) in [7, 11) is 0. The van der Waals surface area contributed by atoms with Gasteiger partial charge in [0.25, 0.3) is 0 Å². The molecule has 98 valence electrons. The second-order valence-corrected chi connectivity index (χ2v) is 5.72. The number of hydrogen-bond donors (Lipinski definition) is 1. The highest BCUT2D eigenvalue weighted by molar-refractivity contribution is 9.10. The van der Waals surface area contributed by atoms with Crippen molar-refractivity contribution in [2.24, 2.45) is 11.1 Å². The minimum absolute atomic E-state index is 0.0159. The number of ketones is 1. The van der Waals surface area contributed by atoms with E-state index in [1.807, 2.05) is 0 Å². The third kappa shape index (κ3) is 2.91. The Morgan fingerprint density at radius 2 is 2.28 bits per heavy atom. The molecule has 1 aliphatic heterocycles. The molecule has 0 aromatic heterocycles. The molecule has 1 fully saturated rings. The summed E-state index contributed by atoms with van der Waals surface area (Å²) in [4.78, 5) is 11.4. The van der Waals surface area contributed by atoms with Crippen molar-refractivity contribution in [2.45, 2.75) is 6.92 Å². The first-order valence-corrected chi connectivity index (χ1v) is 6.57. The van der Waals surface area contributed by atoms with Crippen LogP contribution in [0.15, 0.2) is 22.7 Å². The van der Waals surface area contributed by atoms with Gasteiger partial charge in [-0.15, -0.1) is 0 Å². The first-order valence-electron chi connectivity index (χ1n) is 5.77. The van der Waals surface area contributed by atoms with Gasteiger partial charge in [0.15, 0.2) is 5.78 Å². The molecule has 0 atom stereocenters. The Morgan fingerprint density at radius 1 is 1.56 bits per heavy atom. The standard InChI is InChI=1S/C13H16BrNO3/c1-13(6-17-7-13)8-18-12-3-2-9(4-10(12)14)11(16)5-15/h2-4H,5-8,15H2,1H3. The highest BCUT2D eigenvalue weighted by Crippen LogP contribution is 2.31. The maximum atomic E-state index is 11.4. The van der Waals surface area contributed by atoms with Crippen LogP contribution in [-0.4, -0.2) is 32.1 Å². The second-order valence-electron chi connectivity index (χ2n) is 4.86. The van der Waals surface area contributed by atoms with Crippen molar-refractivity contribution in [3.8, 4) is 5.75 Å². The quantitative estimate of drug-likeness (QED) is 0.845. The number of ether oxygens (including phenoxy) is 2. The molecule has 0 unspecified atom stereocenters. The van der Waals surface area contributed by atoms with Crippen molar-refractivity contribution in [1.29, 1.82) is 0 Å². The van der Waals surface area contributed by atoms with E-state index >= 15 is 0 Å². The molecule has 1 heterocycles. The fourth-order valence-electron chi connectivity index (χ4n) is 1.70. The van der Waals surface area contributed by atoms with Crippen molar-refractivity contribution >= 4 is 21.7 Å². The Labute approximate surface area is 115 Å². The van der Waals surface area contributed by atoms with Gasteiger partial charge in [-0.25, -0.2) is 0 Å². The molecule has 5 heteroatoms. The molecule has 1 aromatic rings. The summed E-state index contributed by atoms with van der Waals surface area (Å²) in [5, 5.41) is 0. The van der Waals surface area contributed by atoms with Crippen LogP contribution >= 0.6 is 15.9 Å². The van der Waals surface area contributed by atoms with Gasteiger partial charge >= 0.3 is 0 Å². The van der Waals surface area contributed by atoms with E-state index in [-0.39, 0.29) is 17.7 Å². The van der Waals surface area contributed by atoms with E-state index in [1.165, 1.54) is 0 Å². The molecule has 4 nitrogen and oxygen atoms in total. The topological polar surface area (TPSA) is 61.5 Å². The van der Waals surface area contributed by atoms with E-state index in [4.69, 9.17) is 15.2 Å². The van der Waals surface area contributed by atoms with Crippen molar-refractivity contribution in [3.63, 3.8) is 0 Å². The Morgan fingerprint density at radius 3 is 2.78 bits per heavy atom. The SMILES string of the molecule is CC1(COc2ccc(C(=O)CN)cc2Br)COC1. The summed E-state index contributed by atoms with van der Waals surface area (Å²) in [6, 6.07) is 5.26. The third-order valence-electron chi connectivity index (χ3n) is 2.92. The van der Waals surface area contributed by atoms with Crippen molar-refractivity contribution in [1.82, 2.24) is 0 Å². The maximum absolute atomic E-state index is 11.4. The molecular weight excluding hydrogens is 298 g/mol. The smallest absolute Gasteiger partial charge is 0.176 e. The number of nitrogens with two attached hydrogens (primary N) is 1. The largest absolute Gasteiger partial charge is 0.492 e. The van der Waals surface area contributed by atoms with E-state index in [1.54, 1.807) is 18.2 Å². The second kappa shape index (κ2) is 5.38. The molecule has 2 N–H and O–H groups in total. The lowest BCUT2D eigenvalue weighted by Crippen LogP contribution is -2.44. The molecule has 0 bridgehead atoms. The Bertz CT molecular complexity index is 458. The maximum Gasteiger partial charge on any atom is 0.176 e. The van der Waals surface area contributed by atoms with Crippen LogP contribution in [0.1, 0.15) is 17.3 Å². The Kier molecular flexibility index (Phi) is 4.04. The zero-order chi connectivity index (χ0) is 13.2. The zero-order valence-corrected chi connectivity index (χ0v) is 11.8. The fraction of sp³-hybridized carbons (Fsp3) is 0.462. The molecule has 1 aliphatic rings. The number of Topliss-reactive ketones (excluding diaryl/α,β-unsaturated/α-hetero) is 1. The van der Waals surface area contributed by atoms with Crippen LogP contribution in [0.2, 0.25) is 0 Å². The highest BCUT2D eigenvalue weighted by Gasteiger charge is 2.34. The Balaban J connectivity index is 2.03. The molecule has 18 heavy (non-hydrogen) atoms. The first-order chi connectivity index (χ1) is 8.54. The molecule has 2 rings (SSSR count). The predicted octanol–water partition coefficient (Wildman–Crippen LogP) is 2.01. The molecule has 1 aromatic carbocycles. The number of benzene rings is 1. The summed E-state index contributed by atoms with van der Waals surface area (Å²) < 4.78 is 11.7. The fourth-order valence-corrected chi connectivity index (χ4v) is 2.19. The van der Waals surface area contributed by atoms with Crippen LogP contribution in [0.3, 0.4) is 0 Å². The van der Waals surface area contributed by atoms with Gasteiger partial charge in [0, 0.05) is 11.0 Å². The summed E-state index contributed by atoms with van der Waals surface area (Å²) in [6.07, 6.45) is 0. The van der Waals surface area contributed by atoms with Gasteiger partial charge in [0.1, 0.15) is 5.75 Å². The van der Waals surface area contributed by atoms with E-state index in [2.05, 4.69) is 22.9 Å². The van der Waals surface area contributed by atoms with Crippen LogP contribution in [0.5, 0.6) is 5.75 Å². The van der Waals surface area contributed by atoms with E-state index in [0.29, 0.717) is 12.2 Å². The summed E-state index contributed by atoms with van der Waals surface area (Å²) >= 11 is 3.40. The number of hydrogen-bond acceptors (Lipinski definition) is 4. The van der Waals surface area contributed by atoms with Crippen LogP contribution in [0, 0.1) is 5.41 Å². The predicted molar refractivity (Wildman–Crippen MR) is 71.9 cm³/mol. The van der Waals surface area contributed by atoms with E-state index in [0.717, 1.165) is 23.4 Å². The minimum atomic E-state index is -0.0818. The average molecular weight is 314 g/mol. The molecule has 0 spiro atoms. The zero-order valence-electron chi connectivity index (χ0n) is 10.2. The lowest BCUT2D eigenvalue weighted by molar-refractivity contribution is -0.120. The van der Waals surface area contributed by atoms with Gasteiger partial charge in [0.05, 0.1) is 30.8 Å². The Hall–Kier alpha value is -0.910. The normalized spacial score (nSPS) is 17.1. The number of halogens is 1. The highest BCUT2D eigenvalue weighted by atomic mass is 79.9. The third-order valence-corrected chi connectivity index (χ3v) is 3.54.